The Balaban J connectivity index is 1.64. The predicted molar refractivity (Wildman–Crippen MR) is 104 cm³/mol. The minimum atomic E-state index is 0.384. The molecule has 0 spiro atoms. The first-order valence-corrected chi connectivity index (χ1v) is 10.3. The fraction of sp³-hybridized carbons (Fsp3) is 0.682. The first-order chi connectivity index (χ1) is 12.2. The van der Waals surface area contributed by atoms with Gasteiger partial charge in [0.15, 0.2) is 0 Å². The fourth-order valence-corrected chi connectivity index (χ4v) is 4.87. The number of piperidine rings is 1. The summed E-state index contributed by atoms with van der Waals surface area (Å²) in [5.74, 6) is 2.00. The van der Waals surface area contributed by atoms with Gasteiger partial charge in [0.2, 0.25) is 5.91 Å². The van der Waals surface area contributed by atoms with Crippen LogP contribution in [-0.2, 0) is 4.79 Å². The Hall–Kier alpha value is -1.35. The molecule has 0 radical (unpaired) electrons. The predicted octanol–water partition coefficient (Wildman–Crippen LogP) is 4.20. The zero-order chi connectivity index (χ0) is 17.6. The molecule has 3 rings (SSSR count). The van der Waals surface area contributed by atoms with E-state index in [0.29, 0.717) is 36.1 Å². The van der Waals surface area contributed by atoms with Crippen LogP contribution in [0.1, 0.15) is 63.9 Å². The first kappa shape index (κ1) is 18.4. The first-order valence-electron chi connectivity index (χ1n) is 10.3. The zero-order valence-corrected chi connectivity index (χ0v) is 15.9. The largest absolute Gasteiger partial charge is 0.339 e. The average Bonchev–Trinajstić information content (AvgIpc) is 3.13. The lowest BCUT2D eigenvalue weighted by atomic mass is 9.84. The number of carbonyl (C=O) groups is 1. The third kappa shape index (κ3) is 4.44. The Bertz CT molecular complexity index is 538. The number of rotatable bonds is 6. The minimum absolute atomic E-state index is 0.384. The molecular weight excluding hydrogens is 308 g/mol. The molecule has 0 bridgehead atoms. The van der Waals surface area contributed by atoms with Crippen molar-refractivity contribution in [3.63, 3.8) is 0 Å². The van der Waals surface area contributed by atoms with Gasteiger partial charge in [-0.3, -0.25) is 4.79 Å². The number of benzene rings is 1. The number of carbonyl (C=O) groups excluding carboxylic acids is 1. The number of nitrogens with zero attached hydrogens (tertiary/aromatic N) is 1. The van der Waals surface area contributed by atoms with Gasteiger partial charge in [0.25, 0.3) is 0 Å². The van der Waals surface area contributed by atoms with E-state index in [0.717, 1.165) is 38.9 Å². The van der Waals surface area contributed by atoms with Crippen molar-refractivity contribution >= 4 is 5.91 Å². The summed E-state index contributed by atoms with van der Waals surface area (Å²) in [5.41, 5.74) is 1.39. The van der Waals surface area contributed by atoms with Gasteiger partial charge in [-0.25, -0.2) is 0 Å². The average molecular weight is 343 g/mol. The Kier molecular flexibility index (Phi) is 6.52. The van der Waals surface area contributed by atoms with Crippen LogP contribution in [0.4, 0.5) is 0 Å². The maximum absolute atomic E-state index is 13.1. The number of nitrogens with one attached hydrogen (secondary N) is 1. The molecule has 4 unspecified atom stereocenters. The molecule has 25 heavy (non-hydrogen) atoms. The van der Waals surface area contributed by atoms with Crippen molar-refractivity contribution in [3.05, 3.63) is 35.9 Å². The molecule has 138 valence electrons. The van der Waals surface area contributed by atoms with Crippen LogP contribution >= 0.6 is 0 Å². The molecule has 2 saturated heterocycles. The molecule has 0 aromatic heterocycles. The second-order valence-electron chi connectivity index (χ2n) is 8.01. The van der Waals surface area contributed by atoms with Gasteiger partial charge in [0, 0.05) is 24.9 Å². The molecule has 3 nitrogen and oxygen atoms in total. The second kappa shape index (κ2) is 8.84. The van der Waals surface area contributed by atoms with Crippen LogP contribution in [0.3, 0.4) is 0 Å². The molecule has 2 fully saturated rings. The second-order valence-corrected chi connectivity index (χ2v) is 8.01. The summed E-state index contributed by atoms with van der Waals surface area (Å²) in [4.78, 5) is 15.3. The van der Waals surface area contributed by atoms with E-state index in [4.69, 9.17) is 0 Å². The van der Waals surface area contributed by atoms with E-state index in [9.17, 15) is 4.79 Å². The van der Waals surface area contributed by atoms with Crippen molar-refractivity contribution < 1.29 is 4.79 Å². The third-order valence-electron chi connectivity index (χ3n) is 6.39. The number of amides is 1. The fourth-order valence-electron chi connectivity index (χ4n) is 4.87. The van der Waals surface area contributed by atoms with Gasteiger partial charge in [-0.2, -0.15) is 0 Å². The summed E-state index contributed by atoms with van der Waals surface area (Å²) in [5, 5.41) is 3.49. The van der Waals surface area contributed by atoms with Gasteiger partial charge in [0.1, 0.15) is 0 Å². The minimum Gasteiger partial charge on any atom is -0.339 e. The van der Waals surface area contributed by atoms with Gasteiger partial charge >= 0.3 is 0 Å². The zero-order valence-electron chi connectivity index (χ0n) is 15.9. The normalized spacial score (nSPS) is 26.4. The van der Waals surface area contributed by atoms with Gasteiger partial charge in [0.05, 0.1) is 0 Å². The summed E-state index contributed by atoms with van der Waals surface area (Å²) in [6.45, 7) is 7.70. The van der Waals surface area contributed by atoms with E-state index in [2.05, 4.69) is 54.4 Å². The van der Waals surface area contributed by atoms with Crippen LogP contribution < -0.4 is 5.32 Å². The molecule has 1 aromatic rings. The summed E-state index contributed by atoms with van der Waals surface area (Å²) < 4.78 is 0. The Morgan fingerprint density at radius 1 is 1.24 bits per heavy atom. The summed E-state index contributed by atoms with van der Waals surface area (Å²) in [7, 11) is 0. The SMILES string of the molecule is CCC(c1ccccc1)C1CCCN1C(=O)CC(C)C1CCCNC1. The molecule has 0 saturated carbocycles. The summed E-state index contributed by atoms with van der Waals surface area (Å²) in [6.07, 6.45) is 6.64. The van der Waals surface area contributed by atoms with Crippen LogP contribution in [-0.4, -0.2) is 36.5 Å². The molecule has 1 aromatic carbocycles. The Morgan fingerprint density at radius 3 is 2.72 bits per heavy atom. The van der Waals surface area contributed by atoms with E-state index >= 15 is 0 Å². The van der Waals surface area contributed by atoms with E-state index in [1.807, 2.05) is 0 Å². The van der Waals surface area contributed by atoms with Crippen molar-refractivity contribution in [2.75, 3.05) is 19.6 Å². The van der Waals surface area contributed by atoms with Gasteiger partial charge < -0.3 is 10.2 Å². The van der Waals surface area contributed by atoms with Gasteiger partial charge in [-0.05, 0) is 62.6 Å². The smallest absolute Gasteiger partial charge is 0.223 e. The molecule has 1 amide bonds. The van der Waals surface area contributed by atoms with Crippen molar-refractivity contribution in [1.29, 1.82) is 0 Å². The number of likely N-dealkylation sites (tertiary alicyclic amines) is 1. The number of hydrogen-bond donors (Lipinski definition) is 1. The summed E-state index contributed by atoms with van der Waals surface area (Å²) >= 11 is 0. The monoisotopic (exact) mass is 342 g/mol. The highest BCUT2D eigenvalue weighted by molar-refractivity contribution is 5.77. The van der Waals surface area contributed by atoms with Crippen molar-refractivity contribution in [2.24, 2.45) is 11.8 Å². The maximum atomic E-state index is 13.1. The molecule has 2 aliphatic heterocycles. The van der Waals surface area contributed by atoms with E-state index in [1.54, 1.807) is 0 Å². The van der Waals surface area contributed by atoms with Gasteiger partial charge in [-0.1, -0.05) is 44.2 Å². The van der Waals surface area contributed by atoms with Gasteiger partial charge in [-0.15, -0.1) is 0 Å². The lowest BCUT2D eigenvalue weighted by molar-refractivity contribution is -0.133. The standard InChI is InChI=1S/C22H34N2O/c1-3-20(18-9-5-4-6-10-18)21-12-8-14-24(21)22(25)15-17(2)19-11-7-13-23-16-19/h4-6,9-10,17,19-21,23H,3,7-8,11-16H2,1-2H3. The highest BCUT2D eigenvalue weighted by Gasteiger charge is 2.35. The third-order valence-corrected chi connectivity index (χ3v) is 6.39. The highest BCUT2D eigenvalue weighted by atomic mass is 16.2. The van der Waals surface area contributed by atoms with Crippen LogP contribution in [0.5, 0.6) is 0 Å². The Labute approximate surface area is 153 Å². The van der Waals surface area contributed by atoms with Crippen molar-refractivity contribution in [1.82, 2.24) is 10.2 Å². The van der Waals surface area contributed by atoms with Crippen LogP contribution in [0.2, 0.25) is 0 Å². The van der Waals surface area contributed by atoms with Crippen LogP contribution in [0.25, 0.3) is 0 Å². The quantitative estimate of drug-likeness (QED) is 0.840. The molecule has 0 aliphatic carbocycles. The van der Waals surface area contributed by atoms with E-state index in [-0.39, 0.29) is 0 Å². The van der Waals surface area contributed by atoms with E-state index < -0.39 is 0 Å². The van der Waals surface area contributed by atoms with Crippen LogP contribution in [0.15, 0.2) is 30.3 Å². The van der Waals surface area contributed by atoms with E-state index in [1.165, 1.54) is 18.4 Å². The lowest BCUT2D eigenvalue weighted by Gasteiger charge is -2.34. The highest BCUT2D eigenvalue weighted by Crippen LogP contribution is 2.35. The summed E-state index contributed by atoms with van der Waals surface area (Å²) in [6, 6.07) is 11.2. The Morgan fingerprint density at radius 2 is 2.04 bits per heavy atom. The molecule has 3 heteroatoms. The molecular formula is C22H34N2O. The molecule has 2 heterocycles. The molecule has 4 atom stereocenters. The van der Waals surface area contributed by atoms with Crippen molar-refractivity contribution in [2.45, 2.75) is 64.3 Å². The van der Waals surface area contributed by atoms with Crippen LogP contribution in [0, 0.1) is 11.8 Å². The molecule has 1 N–H and O–H groups in total. The maximum Gasteiger partial charge on any atom is 0.223 e. The number of hydrogen-bond acceptors (Lipinski definition) is 2. The molecule has 2 aliphatic rings. The lowest BCUT2D eigenvalue weighted by Crippen LogP contribution is -2.41. The topological polar surface area (TPSA) is 32.3 Å². The van der Waals surface area contributed by atoms with Crippen molar-refractivity contribution in [3.8, 4) is 0 Å².